The van der Waals surface area contributed by atoms with E-state index in [4.69, 9.17) is 9.84 Å². The standard InChI is InChI=1S/C16H19NO4.ClH/c18-15(17-7-5-12(10-17)16(19)20)9-14-13-4-2-1-3-11(13)6-8-21-14;/h1-4,12,14H,5-10H2,(H,19,20);1H. The third-order valence-corrected chi connectivity index (χ3v) is 4.34. The topological polar surface area (TPSA) is 66.8 Å². The van der Waals surface area contributed by atoms with Crippen LogP contribution < -0.4 is 0 Å². The SMILES string of the molecule is Cl.O=C(O)C1CCN(C(=O)CC2OCCc3ccccc32)C1. The van der Waals surface area contributed by atoms with Crippen LogP contribution in [0.2, 0.25) is 0 Å². The Labute approximate surface area is 135 Å². The maximum Gasteiger partial charge on any atom is 0.308 e. The zero-order chi connectivity index (χ0) is 14.8. The summed E-state index contributed by atoms with van der Waals surface area (Å²) < 4.78 is 5.75. The summed E-state index contributed by atoms with van der Waals surface area (Å²) in [6, 6.07) is 8.05. The lowest BCUT2D eigenvalue weighted by atomic mass is 9.95. The Morgan fingerprint density at radius 2 is 2.09 bits per heavy atom. The van der Waals surface area contributed by atoms with Crippen molar-refractivity contribution in [1.29, 1.82) is 0 Å². The number of rotatable bonds is 3. The lowest BCUT2D eigenvalue weighted by molar-refractivity contribution is -0.141. The first kappa shape index (κ1) is 16.8. The molecule has 0 spiro atoms. The molecule has 6 heteroatoms. The van der Waals surface area contributed by atoms with Gasteiger partial charge in [0.25, 0.3) is 0 Å². The second kappa shape index (κ2) is 7.11. The van der Waals surface area contributed by atoms with Crippen molar-refractivity contribution in [1.82, 2.24) is 4.90 Å². The van der Waals surface area contributed by atoms with Gasteiger partial charge in [0.15, 0.2) is 0 Å². The minimum Gasteiger partial charge on any atom is -0.481 e. The van der Waals surface area contributed by atoms with Crippen molar-refractivity contribution in [2.75, 3.05) is 19.7 Å². The minimum atomic E-state index is -0.815. The molecule has 1 N–H and O–H groups in total. The molecule has 2 aliphatic heterocycles. The molecule has 2 aliphatic rings. The molecule has 5 nitrogen and oxygen atoms in total. The van der Waals surface area contributed by atoms with E-state index in [0.717, 1.165) is 12.0 Å². The van der Waals surface area contributed by atoms with E-state index in [1.165, 1.54) is 5.56 Å². The van der Waals surface area contributed by atoms with Crippen molar-refractivity contribution in [3.05, 3.63) is 35.4 Å². The second-order valence-electron chi connectivity index (χ2n) is 5.68. The van der Waals surface area contributed by atoms with Crippen molar-refractivity contribution in [2.45, 2.75) is 25.4 Å². The van der Waals surface area contributed by atoms with Gasteiger partial charge in [-0.1, -0.05) is 24.3 Å². The number of fused-ring (bicyclic) bond motifs is 1. The highest BCUT2D eigenvalue weighted by Crippen LogP contribution is 2.30. The Hall–Kier alpha value is -1.59. The quantitative estimate of drug-likeness (QED) is 0.923. The highest BCUT2D eigenvalue weighted by molar-refractivity contribution is 5.85. The van der Waals surface area contributed by atoms with E-state index in [1.807, 2.05) is 18.2 Å². The number of aliphatic carboxylic acids is 1. The molecule has 0 saturated carbocycles. The van der Waals surface area contributed by atoms with Gasteiger partial charge in [-0.25, -0.2) is 0 Å². The van der Waals surface area contributed by atoms with E-state index in [9.17, 15) is 9.59 Å². The Kier molecular flexibility index (Phi) is 5.42. The fourth-order valence-corrected chi connectivity index (χ4v) is 3.12. The lowest BCUT2D eigenvalue weighted by Gasteiger charge is -2.27. The van der Waals surface area contributed by atoms with Crippen LogP contribution in [0, 0.1) is 5.92 Å². The zero-order valence-corrected chi connectivity index (χ0v) is 13.1. The molecule has 3 rings (SSSR count). The number of carbonyl (C=O) groups is 2. The number of hydrogen-bond acceptors (Lipinski definition) is 3. The number of nitrogens with zero attached hydrogens (tertiary/aromatic N) is 1. The Balaban J connectivity index is 0.00000176. The van der Waals surface area contributed by atoms with Gasteiger partial charge in [-0.05, 0) is 24.0 Å². The lowest BCUT2D eigenvalue weighted by Crippen LogP contribution is -2.32. The Morgan fingerprint density at radius 3 is 2.82 bits per heavy atom. The number of ether oxygens (including phenoxy) is 1. The van der Waals surface area contributed by atoms with Gasteiger partial charge < -0.3 is 14.7 Å². The number of likely N-dealkylation sites (tertiary alicyclic amines) is 1. The molecule has 1 saturated heterocycles. The number of hydrogen-bond donors (Lipinski definition) is 1. The first-order valence-electron chi connectivity index (χ1n) is 7.35. The summed E-state index contributed by atoms with van der Waals surface area (Å²) >= 11 is 0. The number of benzene rings is 1. The highest BCUT2D eigenvalue weighted by atomic mass is 35.5. The van der Waals surface area contributed by atoms with E-state index >= 15 is 0 Å². The highest BCUT2D eigenvalue weighted by Gasteiger charge is 2.32. The first-order chi connectivity index (χ1) is 10.1. The monoisotopic (exact) mass is 325 g/mol. The number of amides is 1. The van der Waals surface area contributed by atoms with Gasteiger partial charge >= 0.3 is 5.97 Å². The normalized spacial score (nSPS) is 23.5. The Bertz CT molecular complexity index is 563. The summed E-state index contributed by atoms with van der Waals surface area (Å²) in [5.41, 5.74) is 2.33. The fourth-order valence-electron chi connectivity index (χ4n) is 3.12. The van der Waals surface area contributed by atoms with Crippen LogP contribution in [0.3, 0.4) is 0 Å². The third kappa shape index (κ3) is 3.42. The van der Waals surface area contributed by atoms with Gasteiger partial charge in [-0.2, -0.15) is 0 Å². The van der Waals surface area contributed by atoms with Gasteiger partial charge in [0.05, 0.1) is 25.0 Å². The number of carbonyl (C=O) groups excluding carboxylic acids is 1. The molecule has 120 valence electrons. The maximum atomic E-state index is 12.3. The molecule has 1 aromatic carbocycles. The molecule has 0 aromatic heterocycles. The van der Waals surface area contributed by atoms with Gasteiger partial charge in [-0.15, -0.1) is 12.4 Å². The zero-order valence-electron chi connectivity index (χ0n) is 12.2. The van der Waals surface area contributed by atoms with Crippen LogP contribution >= 0.6 is 12.4 Å². The van der Waals surface area contributed by atoms with Gasteiger partial charge in [0.2, 0.25) is 5.91 Å². The molecule has 2 unspecified atom stereocenters. The molecule has 1 amide bonds. The number of halogens is 1. The predicted octanol–water partition coefficient (Wildman–Crippen LogP) is 2.05. The van der Waals surface area contributed by atoms with Crippen molar-refractivity contribution in [2.24, 2.45) is 5.92 Å². The van der Waals surface area contributed by atoms with Crippen molar-refractivity contribution in [3.63, 3.8) is 0 Å². The van der Waals surface area contributed by atoms with E-state index in [-0.39, 0.29) is 24.4 Å². The Morgan fingerprint density at radius 1 is 1.32 bits per heavy atom. The third-order valence-electron chi connectivity index (χ3n) is 4.34. The van der Waals surface area contributed by atoms with Crippen LogP contribution in [0.5, 0.6) is 0 Å². The van der Waals surface area contributed by atoms with E-state index in [0.29, 0.717) is 32.5 Å². The van der Waals surface area contributed by atoms with Crippen molar-refractivity contribution >= 4 is 24.3 Å². The van der Waals surface area contributed by atoms with Gasteiger partial charge in [0.1, 0.15) is 0 Å². The van der Waals surface area contributed by atoms with Gasteiger partial charge in [-0.3, -0.25) is 9.59 Å². The van der Waals surface area contributed by atoms with E-state index < -0.39 is 11.9 Å². The largest absolute Gasteiger partial charge is 0.481 e. The molecular weight excluding hydrogens is 306 g/mol. The van der Waals surface area contributed by atoms with Crippen LogP contribution in [-0.4, -0.2) is 41.6 Å². The van der Waals surface area contributed by atoms with Gasteiger partial charge in [0, 0.05) is 13.1 Å². The molecule has 2 heterocycles. The predicted molar refractivity (Wildman–Crippen MR) is 83.0 cm³/mol. The molecule has 2 atom stereocenters. The number of carboxylic acid groups (broad SMARTS) is 1. The summed E-state index contributed by atoms with van der Waals surface area (Å²) in [5, 5.41) is 9.00. The maximum absolute atomic E-state index is 12.3. The smallest absolute Gasteiger partial charge is 0.308 e. The van der Waals surface area contributed by atoms with Crippen LogP contribution in [0.25, 0.3) is 0 Å². The summed E-state index contributed by atoms with van der Waals surface area (Å²) in [7, 11) is 0. The molecule has 0 bridgehead atoms. The number of carboxylic acids is 1. The van der Waals surface area contributed by atoms with Crippen LogP contribution in [-0.2, 0) is 20.7 Å². The van der Waals surface area contributed by atoms with E-state index in [1.54, 1.807) is 4.90 Å². The summed E-state index contributed by atoms with van der Waals surface area (Å²) in [4.78, 5) is 25.0. The fraction of sp³-hybridized carbons (Fsp3) is 0.500. The summed E-state index contributed by atoms with van der Waals surface area (Å²) in [6.07, 6.45) is 1.52. The molecule has 0 radical (unpaired) electrons. The second-order valence-corrected chi connectivity index (χ2v) is 5.68. The van der Waals surface area contributed by atoms with Crippen LogP contribution in [0.4, 0.5) is 0 Å². The summed E-state index contributed by atoms with van der Waals surface area (Å²) in [5.74, 6) is -1.25. The molecule has 0 aliphatic carbocycles. The average molecular weight is 326 g/mol. The van der Waals surface area contributed by atoms with Crippen molar-refractivity contribution < 1.29 is 19.4 Å². The molecule has 1 aromatic rings. The van der Waals surface area contributed by atoms with Crippen LogP contribution in [0.15, 0.2) is 24.3 Å². The molecule has 1 fully saturated rings. The minimum absolute atomic E-state index is 0. The van der Waals surface area contributed by atoms with Crippen molar-refractivity contribution in [3.8, 4) is 0 Å². The molecular formula is C16H20ClNO4. The first-order valence-corrected chi connectivity index (χ1v) is 7.35. The van der Waals surface area contributed by atoms with Crippen LogP contribution in [0.1, 0.15) is 30.1 Å². The molecule has 22 heavy (non-hydrogen) atoms. The average Bonchev–Trinajstić information content (AvgIpc) is 2.98. The van der Waals surface area contributed by atoms with E-state index in [2.05, 4.69) is 6.07 Å². The summed E-state index contributed by atoms with van der Waals surface area (Å²) in [6.45, 7) is 1.49.